The fourth-order valence-corrected chi connectivity index (χ4v) is 0.610. The van der Waals surface area contributed by atoms with Crippen LogP contribution in [0.2, 0.25) is 0 Å². The molecule has 0 bridgehead atoms. The molecule has 9 heavy (non-hydrogen) atoms. The summed E-state index contributed by atoms with van der Waals surface area (Å²) >= 11 is 3.58. The summed E-state index contributed by atoms with van der Waals surface area (Å²) in [5.74, 6) is -0.198. The van der Waals surface area contributed by atoms with Gasteiger partial charge in [0.25, 0.3) is 0 Å². The van der Waals surface area contributed by atoms with Crippen LogP contribution in [0, 0.1) is 5.92 Å². The van der Waals surface area contributed by atoms with Gasteiger partial charge < -0.3 is 4.79 Å². The summed E-state index contributed by atoms with van der Waals surface area (Å²) in [6.45, 7) is 3.16. The Kier molecular flexibility index (Phi) is 3.54. The number of hydrogen-bond donors (Lipinski definition) is 1. The average molecular weight is 146 g/mol. The van der Waals surface area contributed by atoms with E-state index < -0.39 is 0 Å². The van der Waals surface area contributed by atoms with Gasteiger partial charge in [0.15, 0.2) is 5.12 Å². The first-order valence-corrected chi connectivity index (χ1v) is 3.21. The number of carbonyl (C=O) groups excluding carboxylic acids is 2. The second-order valence-corrected chi connectivity index (χ2v) is 2.59. The van der Waals surface area contributed by atoms with Crippen LogP contribution in [0.4, 0.5) is 0 Å². The van der Waals surface area contributed by atoms with Crippen molar-refractivity contribution in [2.24, 2.45) is 5.92 Å². The summed E-state index contributed by atoms with van der Waals surface area (Å²) < 4.78 is 0. The number of ketones is 1. The molecule has 0 aliphatic carbocycles. The van der Waals surface area contributed by atoms with E-state index in [9.17, 15) is 9.59 Å². The molecule has 0 aliphatic rings. The van der Waals surface area contributed by atoms with Gasteiger partial charge in [0.2, 0.25) is 0 Å². The molecule has 0 N–H and O–H groups in total. The number of rotatable bonds is 3. The molecule has 0 saturated heterocycles. The molecule has 0 amide bonds. The first kappa shape index (κ1) is 8.69. The van der Waals surface area contributed by atoms with Crippen LogP contribution >= 0.6 is 12.6 Å². The van der Waals surface area contributed by atoms with E-state index in [1.54, 1.807) is 6.92 Å². The molecular formula is C6H10O2S. The molecule has 2 nitrogen and oxygen atoms in total. The highest BCUT2D eigenvalue weighted by Gasteiger charge is 2.09. The number of Topliss-reactive ketones (excluding diaryl/α,β-unsaturated/α-hetero) is 1. The minimum absolute atomic E-state index is 0.0323. The Morgan fingerprint density at radius 1 is 1.56 bits per heavy atom. The van der Waals surface area contributed by atoms with Crippen LogP contribution in [0.1, 0.15) is 20.3 Å². The molecule has 0 aromatic carbocycles. The second-order valence-electron chi connectivity index (χ2n) is 2.15. The summed E-state index contributed by atoms with van der Waals surface area (Å²) in [6, 6.07) is 0. The highest BCUT2D eigenvalue weighted by atomic mass is 32.1. The van der Waals surface area contributed by atoms with Gasteiger partial charge in [0.1, 0.15) is 5.78 Å². The van der Waals surface area contributed by atoms with Crippen molar-refractivity contribution in [1.29, 1.82) is 0 Å². The Morgan fingerprint density at radius 2 is 2.00 bits per heavy atom. The predicted molar refractivity (Wildman–Crippen MR) is 38.5 cm³/mol. The fraction of sp³-hybridized carbons (Fsp3) is 0.667. The predicted octanol–water partition coefficient (Wildman–Crippen LogP) is 1.06. The lowest BCUT2D eigenvalue weighted by molar-refractivity contribution is -0.121. The molecule has 0 radical (unpaired) electrons. The monoisotopic (exact) mass is 146 g/mol. The molecule has 0 rings (SSSR count). The average Bonchev–Trinajstić information content (AvgIpc) is 1.63. The Hall–Kier alpha value is -0.310. The van der Waals surface area contributed by atoms with Crippen molar-refractivity contribution in [2.45, 2.75) is 20.3 Å². The number of hydrogen-bond acceptors (Lipinski definition) is 2. The lowest BCUT2D eigenvalue weighted by Crippen LogP contribution is -2.07. The van der Waals surface area contributed by atoms with Crippen LogP contribution < -0.4 is 0 Å². The van der Waals surface area contributed by atoms with E-state index >= 15 is 0 Å². The van der Waals surface area contributed by atoms with Gasteiger partial charge in [-0.15, -0.1) is 12.6 Å². The zero-order valence-electron chi connectivity index (χ0n) is 5.55. The van der Waals surface area contributed by atoms with Crippen molar-refractivity contribution >= 4 is 23.5 Å². The first-order chi connectivity index (χ1) is 4.04. The van der Waals surface area contributed by atoms with E-state index in [-0.39, 0.29) is 16.8 Å². The van der Waals surface area contributed by atoms with E-state index in [1.165, 1.54) is 6.92 Å². The zero-order chi connectivity index (χ0) is 7.44. The van der Waals surface area contributed by atoms with Crippen molar-refractivity contribution in [3.8, 4) is 0 Å². The minimum atomic E-state index is -0.231. The molecule has 0 aromatic rings. The lowest BCUT2D eigenvalue weighted by Gasteiger charge is -2.00. The van der Waals surface area contributed by atoms with E-state index in [0.717, 1.165) is 0 Å². The molecule has 0 aromatic heterocycles. The van der Waals surface area contributed by atoms with Gasteiger partial charge in [-0.25, -0.2) is 0 Å². The maximum atomic E-state index is 10.4. The highest BCUT2D eigenvalue weighted by molar-refractivity contribution is 7.96. The van der Waals surface area contributed by atoms with Crippen LogP contribution in [-0.2, 0) is 9.59 Å². The molecule has 1 unspecified atom stereocenters. The molecule has 3 heteroatoms. The van der Waals surface area contributed by atoms with Crippen molar-refractivity contribution in [3.63, 3.8) is 0 Å². The third-order valence-electron chi connectivity index (χ3n) is 1.02. The first-order valence-electron chi connectivity index (χ1n) is 2.76. The zero-order valence-corrected chi connectivity index (χ0v) is 6.44. The Balaban J connectivity index is 3.63. The summed E-state index contributed by atoms with van der Waals surface area (Å²) in [5.41, 5.74) is 0. The third kappa shape index (κ3) is 4.21. The van der Waals surface area contributed by atoms with Gasteiger partial charge in [-0.3, -0.25) is 4.79 Å². The summed E-state index contributed by atoms with van der Waals surface area (Å²) in [7, 11) is 0. The lowest BCUT2D eigenvalue weighted by atomic mass is 10.1. The molecule has 52 valence electrons. The highest BCUT2D eigenvalue weighted by Crippen LogP contribution is 2.05. The van der Waals surface area contributed by atoms with Gasteiger partial charge in [-0.2, -0.15) is 0 Å². The van der Waals surface area contributed by atoms with Crippen LogP contribution in [-0.4, -0.2) is 10.9 Å². The van der Waals surface area contributed by atoms with Crippen LogP contribution in [0.25, 0.3) is 0 Å². The maximum absolute atomic E-state index is 10.4. The molecule has 1 atom stereocenters. The SMILES string of the molecule is CC(=O)CC(C)C(=O)S. The largest absolute Gasteiger partial charge is 0.300 e. The van der Waals surface area contributed by atoms with Gasteiger partial charge in [0.05, 0.1) is 0 Å². The maximum Gasteiger partial charge on any atom is 0.189 e. The standard InChI is InChI=1S/C6H10O2S/c1-4(6(8)9)3-5(2)7/h4H,3H2,1-2H3,(H,8,9). The molecule has 0 heterocycles. The van der Waals surface area contributed by atoms with Crippen LogP contribution in [0.15, 0.2) is 0 Å². The van der Waals surface area contributed by atoms with Crippen LogP contribution in [0.5, 0.6) is 0 Å². The van der Waals surface area contributed by atoms with Gasteiger partial charge in [-0.05, 0) is 6.92 Å². The molecule has 0 aliphatic heterocycles. The van der Waals surface area contributed by atoms with Gasteiger partial charge in [0, 0.05) is 12.3 Å². The van der Waals surface area contributed by atoms with Crippen molar-refractivity contribution < 1.29 is 9.59 Å². The molecule has 0 fully saturated rings. The van der Waals surface area contributed by atoms with E-state index in [2.05, 4.69) is 12.6 Å². The smallest absolute Gasteiger partial charge is 0.189 e. The molecular weight excluding hydrogens is 136 g/mol. The number of carbonyl (C=O) groups is 2. The van der Waals surface area contributed by atoms with Crippen molar-refractivity contribution in [1.82, 2.24) is 0 Å². The van der Waals surface area contributed by atoms with E-state index in [0.29, 0.717) is 6.42 Å². The number of thiol groups is 1. The summed E-state index contributed by atoms with van der Waals surface area (Å²) in [5, 5.41) is -0.217. The quantitative estimate of drug-likeness (QED) is 0.604. The Bertz CT molecular complexity index is 131. The van der Waals surface area contributed by atoms with Crippen molar-refractivity contribution in [2.75, 3.05) is 0 Å². The summed E-state index contributed by atoms with van der Waals surface area (Å²) in [4.78, 5) is 20.8. The Labute approximate surface area is 60.0 Å². The topological polar surface area (TPSA) is 34.1 Å². The Morgan fingerprint density at radius 3 is 2.11 bits per heavy atom. The normalized spacial score (nSPS) is 12.8. The fourth-order valence-electron chi connectivity index (χ4n) is 0.518. The molecule has 0 spiro atoms. The van der Waals surface area contributed by atoms with Crippen molar-refractivity contribution in [3.05, 3.63) is 0 Å². The third-order valence-corrected chi connectivity index (χ3v) is 1.46. The second kappa shape index (κ2) is 3.67. The van der Waals surface area contributed by atoms with Gasteiger partial charge >= 0.3 is 0 Å². The summed E-state index contributed by atoms with van der Waals surface area (Å²) in [6.07, 6.45) is 0.308. The minimum Gasteiger partial charge on any atom is -0.300 e. The van der Waals surface area contributed by atoms with Gasteiger partial charge in [-0.1, -0.05) is 6.92 Å². The van der Waals surface area contributed by atoms with E-state index in [1.807, 2.05) is 0 Å². The van der Waals surface area contributed by atoms with Crippen LogP contribution in [0.3, 0.4) is 0 Å². The molecule has 0 saturated carbocycles. The van der Waals surface area contributed by atoms with E-state index in [4.69, 9.17) is 0 Å².